The molecule has 0 amide bonds. The molecule has 0 unspecified atom stereocenters. The predicted molar refractivity (Wildman–Crippen MR) is 105 cm³/mol. The van der Waals surface area contributed by atoms with Crippen LogP contribution in [0.5, 0.6) is 0 Å². The highest BCUT2D eigenvalue weighted by Crippen LogP contribution is 2.17. The van der Waals surface area contributed by atoms with Crippen molar-refractivity contribution in [1.29, 1.82) is 0 Å². The third-order valence-electron chi connectivity index (χ3n) is 4.25. The van der Waals surface area contributed by atoms with Gasteiger partial charge in [0.15, 0.2) is 0 Å². The number of nitrogens with zero attached hydrogens (tertiary/aromatic N) is 2. The van der Waals surface area contributed by atoms with Crippen molar-refractivity contribution < 1.29 is 9.90 Å². The zero-order chi connectivity index (χ0) is 18.4. The van der Waals surface area contributed by atoms with Crippen molar-refractivity contribution in [2.45, 2.75) is 26.2 Å². The van der Waals surface area contributed by atoms with E-state index in [1.54, 1.807) is 24.4 Å². The molecule has 0 aliphatic carbocycles. The molecule has 0 bridgehead atoms. The molecule has 0 saturated carbocycles. The average molecular weight is 346 g/mol. The van der Waals surface area contributed by atoms with E-state index < -0.39 is 5.97 Å². The molecular formula is C22H22N2O2. The molecule has 0 atom stereocenters. The highest BCUT2D eigenvalue weighted by atomic mass is 16.4. The van der Waals surface area contributed by atoms with E-state index in [0.717, 1.165) is 23.5 Å². The van der Waals surface area contributed by atoms with Crippen LogP contribution in [-0.4, -0.2) is 21.9 Å². The first kappa shape index (κ1) is 17.7. The van der Waals surface area contributed by atoms with Crippen LogP contribution in [0.4, 0.5) is 5.69 Å². The molecule has 4 nitrogen and oxygen atoms in total. The summed E-state index contributed by atoms with van der Waals surface area (Å²) in [4.78, 5) is 15.7. The van der Waals surface area contributed by atoms with Crippen molar-refractivity contribution in [3.05, 3.63) is 83.7 Å². The topological polar surface area (TPSA) is 54.6 Å². The number of aryl methyl sites for hydroxylation is 1. The molecule has 0 radical (unpaired) electrons. The Bertz CT molecular complexity index is 908. The van der Waals surface area contributed by atoms with Gasteiger partial charge >= 0.3 is 5.97 Å². The van der Waals surface area contributed by atoms with Crippen molar-refractivity contribution in [2.75, 3.05) is 0 Å². The molecule has 1 heterocycles. The van der Waals surface area contributed by atoms with Gasteiger partial charge in [-0.25, -0.2) is 4.79 Å². The van der Waals surface area contributed by atoms with Crippen LogP contribution in [0.1, 0.15) is 41.4 Å². The minimum absolute atomic E-state index is 0.266. The average Bonchev–Trinajstić information content (AvgIpc) is 3.14. The normalized spacial score (nSPS) is 11.1. The molecule has 3 aromatic rings. The standard InChI is InChI=1S/C22H22N2O2/c1-2-3-6-17-10-12-19(13-11-17)23-16-21-9-5-14-24(21)20-8-4-7-18(15-20)22(25)26/h4-5,7-16H,2-3,6H2,1H3,(H,25,26). The summed E-state index contributed by atoms with van der Waals surface area (Å²) in [5.41, 5.74) is 4.19. The number of carboxylic acids is 1. The lowest BCUT2D eigenvalue weighted by atomic mass is 10.1. The molecule has 0 aliphatic heterocycles. The lowest BCUT2D eigenvalue weighted by molar-refractivity contribution is 0.0697. The van der Waals surface area contributed by atoms with E-state index >= 15 is 0 Å². The Morgan fingerprint density at radius 1 is 1.12 bits per heavy atom. The van der Waals surface area contributed by atoms with Crippen LogP contribution in [0.15, 0.2) is 71.9 Å². The van der Waals surface area contributed by atoms with Gasteiger partial charge in [-0.2, -0.15) is 0 Å². The summed E-state index contributed by atoms with van der Waals surface area (Å²) in [6.07, 6.45) is 7.19. The largest absolute Gasteiger partial charge is 0.478 e. The van der Waals surface area contributed by atoms with Crippen molar-refractivity contribution in [2.24, 2.45) is 4.99 Å². The number of aromatic carboxylic acids is 1. The number of aliphatic imine (C=N–C) groups is 1. The van der Waals surface area contributed by atoms with E-state index in [1.165, 1.54) is 18.4 Å². The molecule has 0 aliphatic rings. The van der Waals surface area contributed by atoms with Gasteiger partial charge in [0, 0.05) is 11.9 Å². The second-order valence-electron chi connectivity index (χ2n) is 6.19. The molecular weight excluding hydrogens is 324 g/mol. The fourth-order valence-corrected chi connectivity index (χ4v) is 2.79. The van der Waals surface area contributed by atoms with Gasteiger partial charge in [-0.3, -0.25) is 4.99 Å². The number of hydrogen-bond acceptors (Lipinski definition) is 2. The zero-order valence-electron chi connectivity index (χ0n) is 14.8. The minimum Gasteiger partial charge on any atom is -0.478 e. The minimum atomic E-state index is -0.933. The summed E-state index contributed by atoms with van der Waals surface area (Å²) in [6, 6.07) is 19.0. The smallest absolute Gasteiger partial charge is 0.335 e. The van der Waals surface area contributed by atoms with Gasteiger partial charge in [0.25, 0.3) is 0 Å². The van der Waals surface area contributed by atoms with Crippen molar-refractivity contribution in [3.63, 3.8) is 0 Å². The van der Waals surface area contributed by atoms with E-state index in [0.29, 0.717) is 0 Å². The van der Waals surface area contributed by atoms with Gasteiger partial charge in [0.2, 0.25) is 0 Å². The third-order valence-corrected chi connectivity index (χ3v) is 4.25. The van der Waals surface area contributed by atoms with Crippen LogP contribution in [-0.2, 0) is 6.42 Å². The lowest BCUT2D eigenvalue weighted by Crippen LogP contribution is -2.01. The summed E-state index contributed by atoms with van der Waals surface area (Å²) in [5.74, 6) is -0.933. The van der Waals surface area contributed by atoms with E-state index in [4.69, 9.17) is 5.11 Å². The Balaban J connectivity index is 1.79. The first-order valence-corrected chi connectivity index (χ1v) is 8.81. The second-order valence-corrected chi connectivity index (χ2v) is 6.19. The van der Waals surface area contributed by atoms with E-state index in [-0.39, 0.29) is 5.56 Å². The molecule has 4 heteroatoms. The molecule has 0 saturated heterocycles. The maximum Gasteiger partial charge on any atom is 0.335 e. The van der Waals surface area contributed by atoms with Crippen LogP contribution >= 0.6 is 0 Å². The quantitative estimate of drug-likeness (QED) is 0.593. The van der Waals surface area contributed by atoms with Crippen molar-refractivity contribution in [3.8, 4) is 5.69 Å². The number of unbranched alkanes of at least 4 members (excludes halogenated alkanes) is 1. The number of hydrogen-bond donors (Lipinski definition) is 1. The van der Waals surface area contributed by atoms with E-state index in [2.05, 4.69) is 24.0 Å². The van der Waals surface area contributed by atoms with Gasteiger partial charge in [0.1, 0.15) is 0 Å². The molecule has 132 valence electrons. The summed E-state index contributed by atoms with van der Waals surface area (Å²) in [6.45, 7) is 2.19. The van der Waals surface area contributed by atoms with Crippen molar-refractivity contribution >= 4 is 17.9 Å². The van der Waals surface area contributed by atoms with Gasteiger partial charge in [-0.05, 0) is 60.9 Å². The summed E-state index contributed by atoms with van der Waals surface area (Å²) >= 11 is 0. The van der Waals surface area contributed by atoms with Crippen LogP contribution in [0, 0.1) is 0 Å². The summed E-state index contributed by atoms with van der Waals surface area (Å²) < 4.78 is 1.92. The Labute approximate surface area is 153 Å². The van der Waals surface area contributed by atoms with Gasteiger partial charge in [-0.15, -0.1) is 0 Å². The summed E-state index contributed by atoms with van der Waals surface area (Å²) in [5, 5.41) is 9.17. The fraction of sp³-hybridized carbons (Fsp3) is 0.182. The molecule has 3 rings (SSSR count). The van der Waals surface area contributed by atoms with Crippen LogP contribution in [0.2, 0.25) is 0 Å². The number of aromatic nitrogens is 1. The van der Waals surface area contributed by atoms with E-state index in [9.17, 15) is 4.79 Å². The molecule has 0 fully saturated rings. The van der Waals surface area contributed by atoms with E-state index in [1.807, 2.05) is 41.1 Å². The Morgan fingerprint density at radius 2 is 1.92 bits per heavy atom. The highest BCUT2D eigenvalue weighted by Gasteiger charge is 2.06. The van der Waals surface area contributed by atoms with Gasteiger partial charge in [0.05, 0.1) is 23.2 Å². The van der Waals surface area contributed by atoms with Gasteiger partial charge < -0.3 is 9.67 Å². The molecule has 26 heavy (non-hydrogen) atoms. The third kappa shape index (κ3) is 4.28. The van der Waals surface area contributed by atoms with Crippen molar-refractivity contribution in [1.82, 2.24) is 4.57 Å². The number of carbonyl (C=O) groups is 1. The Morgan fingerprint density at radius 3 is 2.65 bits per heavy atom. The lowest BCUT2D eigenvalue weighted by Gasteiger charge is -2.07. The molecule has 1 N–H and O–H groups in total. The summed E-state index contributed by atoms with van der Waals surface area (Å²) in [7, 11) is 0. The number of benzene rings is 2. The predicted octanol–water partition coefficient (Wildman–Crippen LogP) is 5.27. The molecule has 2 aromatic carbocycles. The Kier molecular flexibility index (Phi) is 5.64. The first-order valence-electron chi connectivity index (χ1n) is 8.81. The SMILES string of the molecule is CCCCc1ccc(N=Cc2cccn2-c2cccc(C(=O)O)c2)cc1. The maximum absolute atomic E-state index is 11.2. The zero-order valence-corrected chi connectivity index (χ0v) is 14.8. The highest BCUT2D eigenvalue weighted by molar-refractivity contribution is 5.88. The van der Waals surface area contributed by atoms with Crippen LogP contribution in [0.3, 0.4) is 0 Å². The van der Waals surface area contributed by atoms with Crippen LogP contribution < -0.4 is 0 Å². The molecule has 0 spiro atoms. The molecule has 1 aromatic heterocycles. The van der Waals surface area contributed by atoms with Gasteiger partial charge in [-0.1, -0.05) is 31.5 Å². The second kappa shape index (κ2) is 8.30. The first-order chi connectivity index (χ1) is 12.7. The monoisotopic (exact) mass is 346 g/mol. The number of carboxylic acid groups (broad SMARTS) is 1. The number of rotatable bonds is 7. The fourth-order valence-electron chi connectivity index (χ4n) is 2.79. The van der Waals surface area contributed by atoms with Crippen LogP contribution in [0.25, 0.3) is 5.69 Å². The Hall–Kier alpha value is -3.14. The maximum atomic E-state index is 11.2.